The van der Waals surface area contributed by atoms with Crippen LogP contribution in [0.3, 0.4) is 0 Å². The maximum Gasteiger partial charge on any atom is 0.229 e. The van der Waals surface area contributed by atoms with Crippen molar-refractivity contribution in [3.8, 4) is 28.0 Å². The molecule has 0 aliphatic carbocycles. The molecule has 0 atom stereocenters. The number of methoxy groups -OCH3 is 1. The van der Waals surface area contributed by atoms with E-state index in [1.807, 2.05) is 24.4 Å². The minimum absolute atomic E-state index is 0.470. The zero-order valence-corrected chi connectivity index (χ0v) is 17.8. The van der Waals surface area contributed by atoms with E-state index in [4.69, 9.17) is 16.3 Å². The molecule has 0 fully saturated rings. The van der Waals surface area contributed by atoms with E-state index in [2.05, 4.69) is 4.72 Å². The lowest BCUT2D eigenvalue weighted by molar-refractivity contribution is 0.112. The predicted molar refractivity (Wildman–Crippen MR) is 115 cm³/mol. The third-order valence-corrected chi connectivity index (χ3v) is 5.93. The summed E-state index contributed by atoms with van der Waals surface area (Å²) in [4.78, 5) is 12.3. The second kappa shape index (κ2) is 7.95. The highest BCUT2D eigenvalue weighted by atomic mass is 35.5. The average molecular weight is 436 g/mol. The molecule has 3 rings (SSSR count). The Balaban J connectivity index is 2.18. The zero-order valence-electron chi connectivity index (χ0n) is 15.4. The Bertz CT molecular complexity index is 1150. The number of aldehydes is 1. The van der Waals surface area contributed by atoms with E-state index in [9.17, 15) is 13.2 Å². The molecule has 0 saturated heterocycles. The van der Waals surface area contributed by atoms with E-state index in [0.717, 1.165) is 40.4 Å². The van der Waals surface area contributed by atoms with Gasteiger partial charge in [-0.05, 0) is 48.4 Å². The molecule has 0 aliphatic heterocycles. The number of anilines is 1. The predicted octanol–water partition coefficient (Wildman–Crippen LogP) is 5.24. The lowest BCUT2D eigenvalue weighted by Crippen LogP contribution is -2.09. The molecule has 1 heterocycles. The van der Waals surface area contributed by atoms with E-state index in [1.165, 1.54) is 11.3 Å². The third kappa shape index (κ3) is 4.22. The van der Waals surface area contributed by atoms with Crippen LogP contribution in [0.5, 0.6) is 5.75 Å². The molecule has 0 saturated carbocycles. The molecule has 146 valence electrons. The number of rotatable bonds is 6. The van der Waals surface area contributed by atoms with Gasteiger partial charge in [-0.1, -0.05) is 17.7 Å². The molecule has 8 heteroatoms. The smallest absolute Gasteiger partial charge is 0.229 e. The summed E-state index contributed by atoms with van der Waals surface area (Å²) in [5.41, 5.74) is 4.61. The molecule has 1 N–H and O–H groups in total. The number of thiophene rings is 1. The van der Waals surface area contributed by atoms with Crippen molar-refractivity contribution in [3.05, 3.63) is 57.2 Å². The van der Waals surface area contributed by atoms with Crippen molar-refractivity contribution in [1.29, 1.82) is 0 Å². The fourth-order valence-electron chi connectivity index (χ4n) is 3.04. The van der Waals surface area contributed by atoms with Gasteiger partial charge < -0.3 is 4.74 Å². The molecule has 1 aromatic heterocycles. The Morgan fingerprint density at radius 1 is 1.11 bits per heavy atom. The summed E-state index contributed by atoms with van der Waals surface area (Å²) in [7, 11) is -1.80. The topological polar surface area (TPSA) is 72.5 Å². The minimum atomic E-state index is -3.37. The van der Waals surface area contributed by atoms with Crippen molar-refractivity contribution in [2.24, 2.45) is 0 Å². The minimum Gasteiger partial charge on any atom is -0.496 e. The Kier molecular flexibility index (Phi) is 5.79. The molecule has 2 aromatic carbocycles. The quantitative estimate of drug-likeness (QED) is 0.537. The molecular formula is C20H18ClNO4S2. The normalized spacial score (nSPS) is 11.3. The van der Waals surface area contributed by atoms with Gasteiger partial charge in [0.1, 0.15) is 5.75 Å². The summed E-state index contributed by atoms with van der Waals surface area (Å²) < 4.78 is 30.9. The number of halogens is 1. The van der Waals surface area contributed by atoms with Crippen molar-refractivity contribution in [2.45, 2.75) is 6.92 Å². The van der Waals surface area contributed by atoms with Crippen molar-refractivity contribution < 1.29 is 17.9 Å². The lowest BCUT2D eigenvalue weighted by atomic mass is 9.93. The molecule has 0 spiro atoms. The summed E-state index contributed by atoms with van der Waals surface area (Å²) in [6, 6.07) is 10.6. The molecular weight excluding hydrogens is 418 g/mol. The number of nitrogens with one attached hydrogen (secondary N) is 1. The van der Waals surface area contributed by atoms with Gasteiger partial charge in [0.05, 0.1) is 18.2 Å². The first-order chi connectivity index (χ1) is 13.2. The van der Waals surface area contributed by atoms with Gasteiger partial charge in [-0.15, -0.1) is 11.3 Å². The number of carbonyl (C=O) groups excluding carboxylic acids is 1. The fraction of sp³-hybridized carbons (Fsp3) is 0.150. The Hall–Kier alpha value is -2.35. The van der Waals surface area contributed by atoms with E-state index >= 15 is 0 Å². The van der Waals surface area contributed by atoms with Crippen LogP contribution in [-0.2, 0) is 10.0 Å². The van der Waals surface area contributed by atoms with Gasteiger partial charge in [0, 0.05) is 32.8 Å². The van der Waals surface area contributed by atoms with Gasteiger partial charge in [0.2, 0.25) is 10.0 Å². The van der Waals surface area contributed by atoms with Crippen LogP contribution in [-0.4, -0.2) is 28.1 Å². The number of aryl methyl sites for hydroxylation is 1. The van der Waals surface area contributed by atoms with Crippen LogP contribution in [0.4, 0.5) is 5.69 Å². The molecule has 0 radical (unpaired) electrons. The second-order valence-corrected chi connectivity index (χ2v) is 9.35. The highest BCUT2D eigenvalue weighted by Crippen LogP contribution is 2.44. The number of benzene rings is 2. The van der Waals surface area contributed by atoms with E-state index in [-0.39, 0.29) is 0 Å². The Morgan fingerprint density at radius 2 is 1.82 bits per heavy atom. The SMILES string of the molecule is COc1cc(Cl)ccc1-c1csc(C=O)c1-c1ccc(NS(C)(=O)=O)cc1C. The van der Waals surface area contributed by atoms with Gasteiger partial charge in [-0.3, -0.25) is 9.52 Å². The number of hydrogen-bond donors (Lipinski definition) is 1. The van der Waals surface area contributed by atoms with Crippen LogP contribution in [0.25, 0.3) is 22.3 Å². The van der Waals surface area contributed by atoms with Crippen LogP contribution in [0.1, 0.15) is 15.2 Å². The van der Waals surface area contributed by atoms with Crippen LogP contribution in [0, 0.1) is 6.92 Å². The zero-order chi connectivity index (χ0) is 20.5. The first kappa shape index (κ1) is 20.4. The van der Waals surface area contributed by atoms with Crippen molar-refractivity contribution >= 4 is 44.9 Å². The van der Waals surface area contributed by atoms with Gasteiger partial charge >= 0.3 is 0 Å². The van der Waals surface area contributed by atoms with Gasteiger partial charge in [-0.25, -0.2) is 8.42 Å². The van der Waals surface area contributed by atoms with Crippen LogP contribution >= 0.6 is 22.9 Å². The maximum absolute atomic E-state index is 11.7. The highest BCUT2D eigenvalue weighted by Gasteiger charge is 2.19. The number of carbonyl (C=O) groups is 1. The van der Waals surface area contributed by atoms with Crippen molar-refractivity contribution in [2.75, 3.05) is 18.1 Å². The molecule has 5 nitrogen and oxygen atoms in total. The summed E-state index contributed by atoms with van der Waals surface area (Å²) in [6.07, 6.45) is 1.93. The second-order valence-electron chi connectivity index (χ2n) is 6.26. The lowest BCUT2D eigenvalue weighted by Gasteiger charge is -2.14. The maximum atomic E-state index is 11.7. The highest BCUT2D eigenvalue weighted by molar-refractivity contribution is 7.92. The van der Waals surface area contributed by atoms with Gasteiger partial charge in [0.25, 0.3) is 0 Å². The standard InChI is InChI=1S/C20H18ClNO4S2/c1-12-8-14(22-28(3,24)25)5-7-15(12)20-17(11-27-19(20)10-23)16-6-4-13(21)9-18(16)26-2/h4-11,22H,1-3H3. The third-order valence-electron chi connectivity index (χ3n) is 4.18. The first-order valence-corrected chi connectivity index (χ1v) is 11.4. The van der Waals surface area contributed by atoms with Crippen LogP contribution < -0.4 is 9.46 Å². The van der Waals surface area contributed by atoms with Gasteiger partial charge in [0.15, 0.2) is 6.29 Å². The van der Waals surface area contributed by atoms with E-state index in [1.54, 1.807) is 31.4 Å². The van der Waals surface area contributed by atoms with Crippen molar-refractivity contribution in [3.63, 3.8) is 0 Å². The first-order valence-electron chi connectivity index (χ1n) is 8.23. The number of ether oxygens (including phenoxy) is 1. The Labute approximate surface area is 173 Å². The number of sulfonamides is 1. The van der Waals surface area contributed by atoms with Gasteiger partial charge in [-0.2, -0.15) is 0 Å². The summed E-state index contributed by atoms with van der Waals surface area (Å²) >= 11 is 7.42. The molecule has 0 amide bonds. The van der Waals surface area contributed by atoms with E-state index in [0.29, 0.717) is 21.3 Å². The fourth-order valence-corrected chi connectivity index (χ4v) is 4.65. The largest absolute Gasteiger partial charge is 0.496 e. The molecule has 0 unspecified atom stereocenters. The summed E-state index contributed by atoms with van der Waals surface area (Å²) in [5.74, 6) is 0.608. The molecule has 3 aromatic rings. The summed E-state index contributed by atoms with van der Waals surface area (Å²) in [6.45, 7) is 1.87. The molecule has 0 aliphatic rings. The number of hydrogen-bond acceptors (Lipinski definition) is 5. The average Bonchev–Trinajstić information content (AvgIpc) is 3.04. The summed E-state index contributed by atoms with van der Waals surface area (Å²) in [5, 5.41) is 2.47. The van der Waals surface area contributed by atoms with E-state index < -0.39 is 10.0 Å². The molecule has 0 bridgehead atoms. The van der Waals surface area contributed by atoms with Crippen LogP contribution in [0.15, 0.2) is 41.8 Å². The molecule has 28 heavy (non-hydrogen) atoms. The monoisotopic (exact) mass is 435 g/mol. The Morgan fingerprint density at radius 3 is 2.43 bits per heavy atom. The van der Waals surface area contributed by atoms with Crippen molar-refractivity contribution in [1.82, 2.24) is 0 Å². The van der Waals surface area contributed by atoms with Crippen LogP contribution in [0.2, 0.25) is 5.02 Å².